The van der Waals surface area contributed by atoms with Crippen molar-refractivity contribution in [2.75, 3.05) is 6.61 Å². The molecule has 1 amide bonds. The molecule has 2 aromatic rings. The maximum absolute atomic E-state index is 11.8. The first-order valence-electron chi connectivity index (χ1n) is 7.49. The second kappa shape index (κ2) is 7.13. The minimum absolute atomic E-state index is 0.0517. The Labute approximate surface area is 128 Å². The summed E-state index contributed by atoms with van der Waals surface area (Å²) in [6, 6.07) is 3.77. The second-order valence-corrected chi connectivity index (χ2v) is 5.32. The topological polar surface area (TPSA) is 81.9 Å². The van der Waals surface area contributed by atoms with Crippen LogP contribution in [0, 0.1) is 0 Å². The van der Waals surface area contributed by atoms with Crippen molar-refractivity contribution < 1.29 is 9.53 Å². The molecule has 7 heteroatoms. The molecule has 1 N–H and O–H groups in total. The van der Waals surface area contributed by atoms with Crippen LogP contribution in [-0.4, -0.2) is 38.4 Å². The molecule has 2 aromatic heterocycles. The van der Waals surface area contributed by atoms with Gasteiger partial charge in [0.05, 0.1) is 6.10 Å². The van der Waals surface area contributed by atoms with Crippen LogP contribution in [0.4, 0.5) is 0 Å². The fourth-order valence-electron chi connectivity index (χ4n) is 2.44. The van der Waals surface area contributed by atoms with Crippen LogP contribution in [0.25, 0.3) is 5.82 Å². The standard InChI is InChI=1S/C15H19N5O2/c21-15(6-4-13-2-1-7-22-13)18-9-12-3-5-14(17-8-12)20-11-16-10-19-20/h3,5,8,10-11,13H,1-2,4,6-7,9H2,(H,18,21)/t13-/m0/s1. The molecule has 1 aliphatic rings. The molecule has 3 rings (SSSR count). The number of hydrogen-bond donors (Lipinski definition) is 1. The van der Waals surface area contributed by atoms with Crippen LogP contribution >= 0.6 is 0 Å². The first-order valence-corrected chi connectivity index (χ1v) is 7.49. The van der Waals surface area contributed by atoms with E-state index in [-0.39, 0.29) is 12.0 Å². The maximum atomic E-state index is 11.8. The van der Waals surface area contributed by atoms with Gasteiger partial charge in [-0.2, -0.15) is 5.10 Å². The summed E-state index contributed by atoms with van der Waals surface area (Å²) in [6.07, 6.45) is 8.53. The van der Waals surface area contributed by atoms with Gasteiger partial charge < -0.3 is 10.1 Å². The van der Waals surface area contributed by atoms with Gasteiger partial charge in [0.25, 0.3) is 0 Å². The molecule has 0 aliphatic carbocycles. The van der Waals surface area contributed by atoms with Crippen molar-refractivity contribution in [1.82, 2.24) is 25.1 Å². The van der Waals surface area contributed by atoms with Crippen LogP contribution in [0.2, 0.25) is 0 Å². The molecular weight excluding hydrogens is 282 g/mol. The summed E-state index contributed by atoms with van der Waals surface area (Å²) in [5.74, 6) is 0.752. The van der Waals surface area contributed by atoms with E-state index in [4.69, 9.17) is 4.74 Å². The molecule has 0 aromatic carbocycles. The lowest BCUT2D eigenvalue weighted by Gasteiger charge is -2.09. The Morgan fingerprint density at radius 3 is 3.09 bits per heavy atom. The third kappa shape index (κ3) is 3.88. The lowest BCUT2D eigenvalue weighted by atomic mass is 10.1. The van der Waals surface area contributed by atoms with Gasteiger partial charge in [0.15, 0.2) is 5.82 Å². The largest absolute Gasteiger partial charge is 0.378 e. The van der Waals surface area contributed by atoms with E-state index in [1.54, 1.807) is 17.2 Å². The van der Waals surface area contributed by atoms with Crippen LogP contribution in [0.1, 0.15) is 31.2 Å². The van der Waals surface area contributed by atoms with E-state index >= 15 is 0 Å². The van der Waals surface area contributed by atoms with E-state index < -0.39 is 0 Å². The molecule has 0 bridgehead atoms. The van der Waals surface area contributed by atoms with Gasteiger partial charge in [-0.15, -0.1) is 0 Å². The molecule has 1 saturated heterocycles. The van der Waals surface area contributed by atoms with Crippen LogP contribution in [-0.2, 0) is 16.1 Å². The fourth-order valence-corrected chi connectivity index (χ4v) is 2.44. The number of amides is 1. The number of rotatable bonds is 6. The molecule has 0 spiro atoms. The van der Waals surface area contributed by atoms with E-state index in [9.17, 15) is 4.79 Å². The molecule has 0 radical (unpaired) electrons. The van der Waals surface area contributed by atoms with Crippen molar-refractivity contribution in [1.29, 1.82) is 0 Å². The smallest absolute Gasteiger partial charge is 0.220 e. The van der Waals surface area contributed by atoms with E-state index in [1.807, 2.05) is 12.1 Å². The molecule has 1 aliphatic heterocycles. The summed E-state index contributed by atoms with van der Waals surface area (Å²) in [7, 11) is 0. The lowest BCUT2D eigenvalue weighted by molar-refractivity contribution is -0.121. The Bertz CT molecular complexity index is 591. The number of nitrogens with zero attached hydrogens (tertiary/aromatic N) is 4. The third-order valence-electron chi connectivity index (χ3n) is 3.67. The molecule has 7 nitrogen and oxygen atoms in total. The first-order chi connectivity index (χ1) is 10.8. The van der Waals surface area contributed by atoms with Gasteiger partial charge in [0, 0.05) is 25.8 Å². The molecule has 1 atom stereocenters. The van der Waals surface area contributed by atoms with Crippen molar-refractivity contribution in [2.45, 2.75) is 38.3 Å². The first kappa shape index (κ1) is 14.6. The lowest BCUT2D eigenvalue weighted by Crippen LogP contribution is -2.24. The Morgan fingerprint density at radius 2 is 2.41 bits per heavy atom. The molecular formula is C15H19N5O2. The molecule has 0 saturated carbocycles. The van der Waals surface area contributed by atoms with E-state index in [2.05, 4.69) is 20.4 Å². The average Bonchev–Trinajstić information content (AvgIpc) is 3.24. The van der Waals surface area contributed by atoms with Crippen molar-refractivity contribution in [2.24, 2.45) is 0 Å². The number of pyridine rings is 1. The predicted octanol–water partition coefficient (Wildman–Crippen LogP) is 1.24. The Kier molecular flexibility index (Phi) is 4.75. The summed E-state index contributed by atoms with van der Waals surface area (Å²) >= 11 is 0. The van der Waals surface area contributed by atoms with E-state index in [0.717, 1.165) is 31.4 Å². The molecule has 3 heterocycles. The summed E-state index contributed by atoms with van der Waals surface area (Å²) in [5, 5.41) is 6.92. The quantitative estimate of drug-likeness (QED) is 0.868. The highest BCUT2D eigenvalue weighted by atomic mass is 16.5. The number of aromatic nitrogens is 4. The predicted molar refractivity (Wildman–Crippen MR) is 79.2 cm³/mol. The van der Waals surface area contributed by atoms with E-state index in [0.29, 0.717) is 18.8 Å². The summed E-state index contributed by atoms with van der Waals surface area (Å²) in [4.78, 5) is 20.0. The van der Waals surface area contributed by atoms with Crippen molar-refractivity contribution >= 4 is 5.91 Å². The van der Waals surface area contributed by atoms with Crippen molar-refractivity contribution in [3.63, 3.8) is 0 Å². The van der Waals surface area contributed by atoms with Crippen LogP contribution < -0.4 is 5.32 Å². The van der Waals surface area contributed by atoms with Gasteiger partial charge in [-0.3, -0.25) is 4.79 Å². The minimum atomic E-state index is 0.0517. The Balaban J connectivity index is 1.43. The summed E-state index contributed by atoms with van der Waals surface area (Å²) in [6.45, 7) is 1.31. The highest BCUT2D eigenvalue weighted by molar-refractivity contribution is 5.75. The van der Waals surface area contributed by atoms with Crippen molar-refractivity contribution in [3.8, 4) is 5.82 Å². The highest BCUT2D eigenvalue weighted by Crippen LogP contribution is 2.16. The van der Waals surface area contributed by atoms with Crippen LogP contribution in [0.3, 0.4) is 0 Å². The molecule has 0 unspecified atom stereocenters. The number of hydrogen-bond acceptors (Lipinski definition) is 5. The monoisotopic (exact) mass is 301 g/mol. The Morgan fingerprint density at radius 1 is 1.45 bits per heavy atom. The van der Waals surface area contributed by atoms with E-state index in [1.165, 1.54) is 6.33 Å². The maximum Gasteiger partial charge on any atom is 0.220 e. The number of ether oxygens (including phenoxy) is 1. The molecule has 22 heavy (non-hydrogen) atoms. The average molecular weight is 301 g/mol. The highest BCUT2D eigenvalue weighted by Gasteiger charge is 2.16. The zero-order chi connectivity index (χ0) is 15.2. The van der Waals surface area contributed by atoms with Gasteiger partial charge in [0.2, 0.25) is 5.91 Å². The van der Waals surface area contributed by atoms with Crippen LogP contribution in [0.15, 0.2) is 31.0 Å². The zero-order valence-corrected chi connectivity index (χ0v) is 12.3. The minimum Gasteiger partial charge on any atom is -0.378 e. The number of carbonyl (C=O) groups is 1. The Hall–Kier alpha value is -2.28. The number of nitrogens with one attached hydrogen (secondary N) is 1. The number of carbonyl (C=O) groups excluding carboxylic acids is 1. The third-order valence-corrected chi connectivity index (χ3v) is 3.67. The molecule has 116 valence electrons. The molecule has 1 fully saturated rings. The van der Waals surface area contributed by atoms with Crippen molar-refractivity contribution in [3.05, 3.63) is 36.5 Å². The SMILES string of the molecule is O=C(CC[C@@H]1CCCO1)NCc1ccc(-n2cncn2)nc1. The van der Waals surface area contributed by atoms with Gasteiger partial charge in [-0.25, -0.2) is 14.6 Å². The van der Waals surface area contributed by atoms with Gasteiger partial charge in [0.1, 0.15) is 12.7 Å². The summed E-state index contributed by atoms with van der Waals surface area (Å²) in [5.41, 5.74) is 0.953. The van der Waals surface area contributed by atoms with Gasteiger partial charge in [-0.05, 0) is 30.9 Å². The zero-order valence-electron chi connectivity index (χ0n) is 12.3. The van der Waals surface area contributed by atoms with Gasteiger partial charge >= 0.3 is 0 Å². The fraction of sp³-hybridized carbons (Fsp3) is 0.467. The normalized spacial score (nSPS) is 17.5. The van der Waals surface area contributed by atoms with Crippen LogP contribution in [0.5, 0.6) is 0 Å². The van der Waals surface area contributed by atoms with Gasteiger partial charge in [-0.1, -0.05) is 6.07 Å². The second-order valence-electron chi connectivity index (χ2n) is 5.32. The summed E-state index contributed by atoms with van der Waals surface area (Å²) < 4.78 is 7.10.